The molecule has 0 saturated carbocycles. The highest BCUT2D eigenvalue weighted by Gasteiger charge is 2.04. The van der Waals surface area contributed by atoms with Crippen LogP contribution in [0.5, 0.6) is 0 Å². The Morgan fingerprint density at radius 2 is 2.00 bits per heavy atom. The number of aromatic nitrogens is 3. The molecule has 0 bridgehead atoms. The van der Waals surface area contributed by atoms with Crippen LogP contribution in [0.4, 0.5) is 0 Å². The summed E-state index contributed by atoms with van der Waals surface area (Å²) < 4.78 is 0. The van der Waals surface area contributed by atoms with E-state index >= 15 is 0 Å². The minimum atomic E-state index is 0.587. The maximum absolute atomic E-state index is 4.72. The van der Waals surface area contributed by atoms with Crippen LogP contribution in [0.15, 0.2) is 53.8 Å². The number of hydrogen-bond acceptors (Lipinski definition) is 3. The van der Waals surface area contributed by atoms with Crippen LogP contribution in [0.2, 0.25) is 0 Å². The van der Waals surface area contributed by atoms with Crippen LogP contribution in [0, 0.1) is 13.8 Å². The summed E-state index contributed by atoms with van der Waals surface area (Å²) in [5, 5.41) is 13.5. The molecule has 27 heavy (non-hydrogen) atoms. The van der Waals surface area contributed by atoms with E-state index < -0.39 is 0 Å². The molecule has 0 fully saturated rings. The predicted octanol–water partition coefficient (Wildman–Crippen LogP) is 3.34. The zero-order valence-electron chi connectivity index (χ0n) is 16.1. The van der Waals surface area contributed by atoms with E-state index in [0.29, 0.717) is 6.54 Å². The molecule has 2 aromatic carbocycles. The van der Waals surface area contributed by atoms with E-state index in [1.54, 1.807) is 0 Å². The number of rotatable bonds is 6. The van der Waals surface area contributed by atoms with Gasteiger partial charge in [-0.15, -0.1) is 0 Å². The molecule has 0 aliphatic carbocycles. The molecule has 3 aromatic rings. The first-order valence-corrected chi connectivity index (χ1v) is 9.18. The minimum Gasteiger partial charge on any atom is -0.357 e. The lowest BCUT2D eigenvalue weighted by Gasteiger charge is -2.13. The molecular formula is C21H26N6. The first-order chi connectivity index (χ1) is 13.2. The Morgan fingerprint density at radius 3 is 2.74 bits per heavy atom. The van der Waals surface area contributed by atoms with Crippen LogP contribution >= 0.6 is 0 Å². The van der Waals surface area contributed by atoms with Crippen molar-refractivity contribution >= 4 is 5.96 Å². The Balaban J connectivity index is 1.67. The minimum absolute atomic E-state index is 0.587. The van der Waals surface area contributed by atoms with Gasteiger partial charge in [0.1, 0.15) is 6.33 Å². The van der Waals surface area contributed by atoms with E-state index in [0.717, 1.165) is 36.0 Å². The molecule has 0 unspecified atom stereocenters. The summed E-state index contributed by atoms with van der Waals surface area (Å²) in [5.41, 5.74) is 5.97. The van der Waals surface area contributed by atoms with E-state index in [1.165, 1.54) is 23.0 Å². The van der Waals surface area contributed by atoms with E-state index in [4.69, 9.17) is 4.99 Å². The van der Waals surface area contributed by atoms with Gasteiger partial charge in [-0.25, -0.2) is 9.98 Å². The van der Waals surface area contributed by atoms with Gasteiger partial charge in [-0.1, -0.05) is 42.0 Å². The summed E-state index contributed by atoms with van der Waals surface area (Å²) in [5.74, 6) is 1.57. The smallest absolute Gasteiger partial charge is 0.191 e. The fourth-order valence-corrected chi connectivity index (χ4v) is 2.90. The second kappa shape index (κ2) is 8.98. The van der Waals surface area contributed by atoms with Crippen molar-refractivity contribution in [1.29, 1.82) is 0 Å². The van der Waals surface area contributed by atoms with Gasteiger partial charge in [0.25, 0.3) is 0 Å². The highest BCUT2D eigenvalue weighted by Crippen LogP contribution is 2.16. The van der Waals surface area contributed by atoms with Gasteiger partial charge >= 0.3 is 0 Å². The number of hydrogen-bond donors (Lipinski definition) is 3. The topological polar surface area (TPSA) is 78.0 Å². The first-order valence-electron chi connectivity index (χ1n) is 9.18. The number of benzene rings is 2. The van der Waals surface area contributed by atoms with Gasteiger partial charge in [-0.3, -0.25) is 5.10 Å². The zero-order chi connectivity index (χ0) is 19.1. The molecule has 6 heteroatoms. The molecule has 0 radical (unpaired) electrons. The van der Waals surface area contributed by atoms with Crippen LogP contribution in [0.1, 0.15) is 29.2 Å². The molecule has 0 spiro atoms. The Labute approximate surface area is 160 Å². The number of nitrogens with zero attached hydrogens (tertiary/aromatic N) is 3. The lowest BCUT2D eigenvalue weighted by atomic mass is 10.1. The van der Waals surface area contributed by atoms with Crippen LogP contribution in [-0.4, -0.2) is 27.7 Å². The Morgan fingerprint density at radius 1 is 1.11 bits per heavy atom. The SMILES string of the molecule is CCNC(=NCc1cccc(-c2ncn[nH]2)c1)NCc1ccc(C)cc1C. The molecule has 1 heterocycles. The van der Waals surface area contributed by atoms with Crippen molar-refractivity contribution in [3.8, 4) is 11.4 Å². The normalized spacial score (nSPS) is 11.4. The maximum Gasteiger partial charge on any atom is 0.191 e. The average molecular weight is 362 g/mol. The third-order valence-electron chi connectivity index (χ3n) is 4.32. The number of aliphatic imine (C=N–C) groups is 1. The lowest BCUT2D eigenvalue weighted by Crippen LogP contribution is -2.36. The van der Waals surface area contributed by atoms with Crippen molar-refractivity contribution in [2.75, 3.05) is 6.54 Å². The molecule has 0 aliphatic heterocycles. The number of nitrogens with one attached hydrogen (secondary N) is 3. The summed E-state index contributed by atoms with van der Waals surface area (Å²) >= 11 is 0. The second-order valence-electron chi connectivity index (χ2n) is 6.51. The van der Waals surface area contributed by atoms with Gasteiger partial charge in [-0.05, 0) is 43.5 Å². The van der Waals surface area contributed by atoms with Crippen molar-refractivity contribution in [3.63, 3.8) is 0 Å². The van der Waals surface area contributed by atoms with E-state index in [1.807, 2.05) is 12.1 Å². The molecule has 0 atom stereocenters. The first kappa shape index (κ1) is 18.6. The molecule has 0 aliphatic rings. The predicted molar refractivity (Wildman–Crippen MR) is 109 cm³/mol. The highest BCUT2D eigenvalue weighted by molar-refractivity contribution is 5.79. The average Bonchev–Trinajstić information content (AvgIpc) is 3.20. The summed E-state index contributed by atoms with van der Waals surface area (Å²) in [7, 11) is 0. The molecule has 3 N–H and O–H groups in total. The number of H-pyrrole nitrogens is 1. The molecule has 1 aromatic heterocycles. The Hall–Kier alpha value is -3.15. The van der Waals surface area contributed by atoms with Crippen molar-refractivity contribution in [3.05, 3.63) is 71.0 Å². The van der Waals surface area contributed by atoms with Crippen molar-refractivity contribution in [1.82, 2.24) is 25.8 Å². The molecule has 6 nitrogen and oxygen atoms in total. The zero-order valence-corrected chi connectivity index (χ0v) is 16.1. The van der Waals surface area contributed by atoms with Crippen LogP contribution < -0.4 is 10.6 Å². The van der Waals surface area contributed by atoms with Crippen molar-refractivity contribution in [2.45, 2.75) is 33.9 Å². The largest absolute Gasteiger partial charge is 0.357 e. The fraction of sp³-hybridized carbons (Fsp3) is 0.286. The van der Waals surface area contributed by atoms with E-state index in [9.17, 15) is 0 Å². The van der Waals surface area contributed by atoms with Crippen LogP contribution in [0.25, 0.3) is 11.4 Å². The van der Waals surface area contributed by atoms with Gasteiger partial charge in [0.15, 0.2) is 11.8 Å². The second-order valence-corrected chi connectivity index (χ2v) is 6.51. The molecule has 3 rings (SSSR count). The van der Waals surface area contributed by atoms with Crippen LogP contribution in [-0.2, 0) is 13.1 Å². The van der Waals surface area contributed by atoms with E-state index in [2.05, 4.69) is 76.9 Å². The fourth-order valence-electron chi connectivity index (χ4n) is 2.90. The molecule has 0 saturated heterocycles. The standard InChI is InChI=1S/C21H26N6/c1-4-22-21(24-13-19-9-8-15(2)10-16(19)3)23-12-17-6-5-7-18(11-17)20-25-14-26-27-20/h5-11,14H,4,12-13H2,1-3H3,(H2,22,23,24)(H,25,26,27). The summed E-state index contributed by atoms with van der Waals surface area (Å²) in [6.45, 7) is 8.47. The van der Waals surface area contributed by atoms with Crippen LogP contribution in [0.3, 0.4) is 0 Å². The Bertz CT molecular complexity index is 899. The van der Waals surface area contributed by atoms with Gasteiger partial charge in [0.2, 0.25) is 0 Å². The van der Waals surface area contributed by atoms with Crippen molar-refractivity contribution < 1.29 is 0 Å². The van der Waals surface area contributed by atoms with E-state index in [-0.39, 0.29) is 0 Å². The summed E-state index contributed by atoms with van der Waals surface area (Å²) in [4.78, 5) is 8.92. The number of guanidine groups is 1. The third kappa shape index (κ3) is 5.17. The van der Waals surface area contributed by atoms with Gasteiger partial charge < -0.3 is 10.6 Å². The van der Waals surface area contributed by atoms with Gasteiger partial charge in [0.05, 0.1) is 6.54 Å². The quantitative estimate of drug-likeness (QED) is 0.464. The number of aromatic amines is 1. The summed E-state index contributed by atoms with van der Waals surface area (Å²) in [6, 6.07) is 14.7. The monoisotopic (exact) mass is 362 g/mol. The maximum atomic E-state index is 4.72. The highest BCUT2D eigenvalue weighted by atomic mass is 15.2. The Kier molecular flexibility index (Phi) is 6.20. The van der Waals surface area contributed by atoms with Gasteiger partial charge in [0, 0.05) is 18.7 Å². The lowest BCUT2D eigenvalue weighted by molar-refractivity contribution is 0.812. The number of aryl methyl sites for hydroxylation is 2. The molecule has 140 valence electrons. The van der Waals surface area contributed by atoms with Crippen molar-refractivity contribution in [2.24, 2.45) is 4.99 Å². The third-order valence-corrected chi connectivity index (χ3v) is 4.32. The molecular weight excluding hydrogens is 336 g/mol. The summed E-state index contributed by atoms with van der Waals surface area (Å²) in [6.07, 6.45) is 1.51. The molecule has 0 amide bonds. The van der Waals surface area contributed by atoms with Gasteiger partial charge in [-0.2, -0.15) is 5.10 Å².